The second-order valence-electron chi connectivity index (χ2n) is 3.15. The molecule has 1 heteroatoms. The van der Waals surface area contributed by atoms with Gasteiger partial charge >= 0.3 is 0 Å². The molecule has 1 aliphatic heterocycles. The number of fused-ring (bicyclic) bond motifs is 1. The van der Waals surface area contributed by atoms with Gasteiger partial charge in [-0.05, 0) is 31.4 Å². The van der Waals surface area contributed by atoms with E-state index in [4.69, 9.17) is 4.74 Å². The SMILES string of the molecule is CC#CC1CCc2ccccc2O1. The van der Waals surface area contributed by atoms with Crippen molar-refractivity contribution in [3.8, 4) is 17.6 Å². The number of ether oxygens (including phenoxy) is 1. The van der Waals surface area contributed by atoms with Gasteiger partial charge in [0.25, 0.3) is 0 Å². The van der Waals surface area contributed by atoms with Crippen LogP contribution in [0.3, 0.4) is 0 Å². The van der Waals surface area contributed by atoms with E-state index in [1.54, 1.807) is 0 Å². The summed E-state index contributed by atoms with van der Waals surface area (Å²) in [6.07, 6.45) is 2.19. The van der Waals surface area contributed by atoms with E-state index in [2.05, 4.69) is 17.9 Å². The van der Waals surface area contributed by atoms with Crippen molar-refractivity contribution in [2.45, 2.75) is 25.9 Å². The predicted octanol–water partition coefficient (Wildman–Crippen LogP) is 2.40. The standard InChI is InChI=1S/C12H12O/c1-2-5-11-9-8-10-6-3-4-7-12(10)13-11/h3-4,6-7,11H,8-9H2,1H3. The summed E-state index contributed by atoms with van der Waals surface area (Å²) in [5, 5.41) is 0. The first-order valence-electron chi connectivity index (χ1n) is 4.57. The minimum Gasteiger partial charge on any atom is -0.477 e. The van der Waals surface area contributed by atoms with Crippen LogP contribution in [0.1, 0.15) is 18.9 Å². The highest BCUT2D eigenvalue weighted by atomic mass is 16.5. The molecule has 0 amide bonds. The molecule has 1 unspecified atom stereocenters. The lowest BCUT2D eigenvalue weighted by molar-refractivity contribution is 0.227. The molecule has 0 spiro atoms. The Morgan fingerprint density at radius 1 is 1.38 bits per heavy atom. The van der Waals surface area contributed by atoms with Gasteiger partial charge in [-0.25, -0.2) is 0 Å². The van der Waals surface area contributed by atoms with Crippen molar-refractivity contribution in [1.82, 2.24) is 0 Å². The molecule has 1 nitrogen and oxygen atoms in total. The monoisotopic (exact) mass is 172 g/mol. The van der Waals surface area contributed by atoms with Gasteiger partial charge < -0.3 is 4.74 Å². The quantitative estimate of drug-likeness (QED) is 0.546. The van der Waals surface area contributed by atoms with Gasteiger partial charge in [-0.15, -0.1) is 5.92 Å². The molecule has 13 heavy (non-hydrogen) atoms. The van der Waals surface area contributed by atoms with Crippen molar-refractivity contribution in [2.24, 2.45) is 0 Å². The Hall–Kier alpha value is -1.42. The molecule has 0 radical (unpaired) electrons. The number of benzene rings is 1. The Bertz CT molecular complexity index is 357. The maximum Gasteiger partial charge on any atom is 0.159 e. The second-order valence-corrected chi connectivity index (χ2v) is 3.15. The highest BCUT2D eigenvalue weighted by Crippen LogP contribution is 2.26. The minimum absolute atomic E-state index is 0.0971. The molecule has 0 aromatic heterocycles. The summed E-state index contributed by atoms with van der Waals surface area (Å²) >= 11 is 0. The van der Waals surface area contributed by atoms with Crippen LogP contribution in [-0.4, -0.2) is 6.10 Å². The van der Waals surface area contributed by atoms with Crippen LogP contribution < -0.4 is 4.74 Å². The predicted molar refractivity (Wildman–Crippen MR) is 52.6 cm³/mol. The van der Waals surface area contributed by atoms with Gasteiger partial charge in [0.2, 0.25) is 0 Å². The fraction of sp³-hybridized carbons (Fsp3) is 0.333. The zero-order chi connectivity index (χ0) is 9.10. The van der Waals surface area contributed by atoms with Gasteiger partial charge in [0.15, 0.2) is 6.10 Å². The van der Waals surface area contributed by atoms with Crippen LogP contribution in [0.4, 0.5) is 0 Å². The number of hydrogen-bond donors (Lipinski definition) is 0. The van der Waals surface area contributed by atoms with Gasteiger partial charge in [0, 0.05) is 0 Å². The average Bonchev–Trinajstić information content (AvgIpc) is 2.18. The van der Waals surface area contributed by atoms with Crippen LogP contribution in [0.15, 0.2) is 24.3 Å². The molecule has 0 fully saturated rings. The Balaban J connectivity index is 2.23. The largest absolute Gasteiger partial charge is 0.477 e. The molecule has 0 aliphatic carbocycles. The molecule has 0 bridgehead atoms. The summed E-state index contributed by atoms with van der Waals surface area (Å²) in [5.41, 5.74) is 1.30. The zero-order valence-electron chi connectivity index (χ0n) is 7.71. The minimum atomic E-state index is 0.0971. The first kappa shape index (κ1) is 8.19. The summed E-state index contributed by atoms with van der Waals surface area (Å²) in [5.74, 6) is 6.95. The number of hydrogen-bond acceptors (Lipinski definition) is 1. The third-order valence-electron chi connectivity index (χ3n) is 2.22. The van der Waals surface area contributed by atoms with Crippen molar-refractivity contribution in [3.05, 3.63) is 29.8 Å². The Morgan fingerprint density at radius 2 is 2.23 bits per heavy atom. The first-order valence-corrected chi connectivity index (χ1v) is 4.57. The molecule has 0 saturated heterocycles. The highest BCUT2D eigenvalue weighted by Gasteiger charge is 2.16. The lowest BCUT2D eigenvalue weighted by Crippen LogP contribution is -2.20. The van der Waals surface area contributed by atoms with Crippen molar-refractivity contribution in [2.75, 3.05) is 0 Å². The smallest absolute Gasteiger partial charge is 0.159 e. The molecule has 1 heterocycles. The fourth-order valence-electron chi connectivity index (χ4n) is 1.59. The lowest BCUT2D eigenvalue weighted by atomic mass is 10.0. The van der Waals surface area contributed by atoms with Crippen LogP contribution in [0.2, 0.25) is 0 Å². The maximum atomic E-state index is 5.70. The van der Waals surface area contributed by atoms with Crippen molar-refractivity contribution < 1.29 is 4.74 Å². The molecule has 1 aromatic rings. The van der Waals surface area contributed by atoms with E-state index >= 15 is 0 Å². The third-order valence-corrected chi connectivity index (χ3v) is 2.22. The number of aryl methyl sites for hydroxylation is 1. The van der Waals surface area contributed by atoms with Crippen LogP contribution >= 0.6 is 0 Å². The summed E-state index contributed by atoms with van der Waals surface area (Å²) in [6.45, 7) is 1.85. The first-order chi connectivity index (χ1) is 6.40. The topological polar surface area (TPSA) is 9.23 Å². The van der Waals surface area contributed by atoms with Gasteiger partial charge in [-0.1, -0.05) is 24.1 Å². The lowest BCUT2D eigenvalue weighted by Gasteiger charge is -2.21. The van der Waals surface area contributed by atoms with Gasteiger partial charge in [0.05, 0.1) is 0 Å². The number of para-hydroxylation sites is 1. The Morgan fingerprint density at radius 3 is 3.08 bits per heavy atom. The van der Waals surface area contributed by atoms with E-state index in [1.165, 1.54) is 5.56 Å². The summed E-state index contributed by atoms with van der Waals surface area (Å²) in [7, 11) is 0. The zero-order valence-corrected chi connectivity index (χ0v) is 7.71. The van der Waals surface area contributed by atoms with E-state index in [9.17, 15) is 0 Å². The van der Waals surface area contributed by atoms with Gasteiger partial charge in [-0.2, -0.15) is 0 Å². The Labute approximate surface area is 78.7 Å². The average molecular weight is 172 g/mol. The fourth-order valence-corrected chi connectivity index (χ4v) is 1.59. The molecule has 1 aliphatic rings. The van der Waals surface area contributed by atoms with E-state index in [1.807, 2.05) is 25.1 Å². The molecule has 2 rings (SSSR count). The van der Waals surface area contributed by atoms with Gasteiger partial charge in [-0.3, -0.25) is 0 Å². The Kier molecular flexibility index (Phi) is 2.23. The van der Waals surface area contributed by atoms with Crippen LogP contribution in [-0.2, 0) is 6.42 Å². The molecule has 1 aromatic carbocycles. The molecule has 1 atom stereocenters. The van der Waals surface area contributed by atoms with E-state index < -0.39 is 0 Å². The normalized spacial score (nSPS) is 19.3. The second kappa shape index (κ2) is 3.53. The van der Waals surface area contributed by atoms with E-state index in [0.29, 0.717) is 0 Å². The molecule has 66 valence electrons. The van der Waals surface area contributed by atoms with Crippen molar-refractivity contribution in [1.29, 1.82) is 0 Å². The molecule has 0 saturated carbocycles. The van der Waals surface area contributed by atoms with E-state index in [-0.39, 0.29) is 6.10 Å². The maximum absolute atomic E-state index is 5.70. The van der Waals surface area contributed by atoms with E-state index in [0.717, 1.165) is 18.6 Å². The van der Waals surface area contributed by atoms with Crippen LogP contribution in [0.25, 0.3) is 0 Å². The van der Waals surface area contributed by atoms with Crippen molar-refractivity contribution in [3.63, 3.8) is 0 Å². The molecular formula is C12H12O. The van der Waals surface area contributed by atoms with Crippen LogP contribution in [0.5, 0.6) is 5.75 Å². The van der Waals surface area contributed by atoms with Gasteiger partial charge in [0.1, 0.15) is 5.75 Å². The summed E-state index contributed by atoms with van der Waals surface area (Å²) < 4.78 is 5.70. The number of rotatable bonds is 0. The molecule has 0 N–H and O–H groups in total. The molecular weight excluding hydrogens is 160 g/mol. The summed E-state index contributed by atoms with van der Waals surface area (Å²) in [4.78, 5) is 0. The summed E-state index contributed by atoms with van der Waals surface area (Å²) in [6, 6.07) is 8.18. The van der Waals surface area contributed by atoms with Crippen LogP contribution in [0, 0.1) is 11.8 Å². The third kappa shape index (κ3) is 1.67. The van der Waals surface area contributed by atoms with Crippen molar-refractivity contribution >= 4 is 0 Å². The highest BCUT2D eigenvalue weighted by molar-refractivity contribution is 5.36.